The summed E-state index contributed by atoms with van der Waals surface area (Å²) in [6.45, 7) is 0. The maximum atomic E-state index is 12.1. The van der Waals surface area contributed by atoms with Gasteiger partial charge in [0.2, 0.25) is 0 Å². The SMILES string of the molecule is CN(C(=O)c1ccccc1Br)c1nccs1. The number of thiazole rings is 1. The van der Waals surface area contributed by atoms with Crippen LogP contribution in [0.5, 0.6) is 0 Å². The molecule has 1 aromatic carbocycles. The van der Waals surface area contributed by atoms with E-state index in [1.54, 1.807) is 24.2 Å². The summed E-state index contributed by atoms with van der Waals surface area (Å²) in [6.07, 6.45) is 1.68. The van der Waals surface area contributed by atoms with Gasteiger partial charge >= 0.3 is 0 Å². The molecule has 2 aromatic rings. The fraction of sp³-hybridized carbons (Fsp3) is 0.0909. The minimum absolute atomic E-state index is 0.0672. The van der Waals surface area contributed by atoms with Crippen LogP contribution in [0.15, 0.2) is 40.3 Å². The molecule has 0 unspecified atom stereocenters. The molecule has 1 amide bonds. The average molecular weight is 297 g/mol. The summed E-state index contributed by atoms with van der Waals surface area (Å²) in [5.41, 5.74) is 0.639. The quantitative estimate of drug-likeness (QED) is 0.853. The second-order valence-electron chi connectivity index (χ2n) is 3.16. The lowest BCUT2D eigenvalue weighted by Gasteiger charge is -2.14. The summed E-state index contributed by atoms with van der Waals surface area (Å²) in [7, 11) is 1.72. The first-order valence-corrected chi connectivity index (χ1v) is 6.29. The highest BCUT2D eigenvalue weighted by molar-refractivity contribution is 9.10. The largest absolute Gasteiger partial charge is 0.287 e. The fourth-order valence-corrected chi connectivity index (χ4v) is 2.34. The molecule has 0 fully saturated rings. The van der Waals surface area contributed by atoms with Crippen LogP contribution >= 0.6 is 27.3 Å². The molecule has 0 aliphatic heterocycles. The van der Waals surface area contributed by atoms with Gasteiger partial charge in [0.25, 0.3) is 5.91 Å². The van der Waals surface area contributed by atoms with Crippen molar-refractivity contribution in [1.82, 2.24) is 4.98 Å². The van der Waals surface area contributed by atoms with Crippen LogP contribution in [0.25, 0.3) is 0 Å². The summed E-state index contributed by atoms with van der Waals surface area (Å²) >= 11 is 4.80. The Labute approximate surface area is 106 Å². The number of halogens is 1. The molecule has 1 aromatic heterocycles. The number of amides is 1. The van der Waals surface area contributed by atoms with Gasteiger partial charge in [0.15, 0.2) is 5.13 Å². The summed E-state index contributed by atoms with van der Waals surface area (Å²) in [5.74, 6) is -0.0672. The molecule has 0 atom stereocenters. The van der Waals surface area contributed by atoms with Gasteiger partial charge < -0.3 is 0 Å². The van der Waals surface area contributed by atoms with Gasteiger partial charge in [-0.05, 0) is 28.1 Å². The molecule has 0 bridgehead atoms. The van der Waals surface area contributed by atoms with Gasteiger partial charge in [-0.25, -0.2) is 4.98 Å². The van der Waals surface area contributed by atoms with E-state index in [9.17, 15) is 4.79 Å². The molecule has 3 nitrogen and oxygen atoms in total. The minimum atomic E-state index is -0.0672. The van der Waals surface area contributed by atoms with Crippen LogP contribution in [0.4, 0.5) is 5.13 Å². The Hall–Kier alpha value is -1.20. The molecule has 0 radical (unpaired) electrons. The zero-order valence-corrected chi connectivity index (χ0v) is 11.0. The van der Waals surface area contributed by atoms with Crippen molar-refractivity contribution in [3.8, 4) is 0 Å². The van der Waals surface area contributed by atoms with Crippen molar-refractivity contribution in [1.29, 1.82) is 0 Å². The average Bonchev–Trinajstić information content (AvgIpc) is 2.81. The van der Waals surface area contributed by atoms with Gasteiger partial charge in [-0.1, -0.05) is 12.1 Å². The van der Waals surface area contributed by atoms with E-state index >= 15 is 0 Å². The maximum absolute atomic E-state index is 12.1. The fourth-order valence-electron chi connectivity index (χ4n) is 1.28. The number of hydrogen-bond donors (Lipinski definition) is 0. The number of hydrogen-bond acceptors (Lipinski definition) is 3. The number of aromatic nitrogens is 1. The van der Waals surface area contributed by atoms with E-state index in [0.717, 1.165) is 4.47 Å². The molecular weight excluding hydrogens is 288 g/mol. The monoisotopic (exact) mass is 296 g/mol. The van der Waals surface area contributed by atoms with Gasteiger partial charge in [-0.15, -0.1) is 11.3 Å². The van der Waals surface area contributed by atoms with E-state index < -0.39 is 0 Å². The molecule has 2 rings (SSSR count). The minimum Gasteiger partial charge on any atom is -0.287 e. The molecule has 1 heterocycles. The number of carbonyl (C=O) groups excluding carboxylic acids is 1. The number of carbonyl (C=O) groups is 1. The first-order valence-electron chi connectivity index (χ1n) is 4.62. The van der Waals surface area contributed by atoms with Crippen LogP contribution in [0.3, 0.4) is 0 Å². The highest BCUT2D eigenvalue weighted by atomic mass is 79.9. The van der Waals surface area contributed by atoms with E-state index in [0.29, 0.717) is 10.7 Å². The van der Waals surface area contributed by atoms with Crippen molar-refractivity contribution in [2.24, 2.45) is 0 Å². The van der Waals surface area contributed by atoms with Crippen molar-refractivity contribution >= 4 is 38.3 Å². The molecule has 82 valence electrons. The van der Waals surface area contributed by atoms with Crippen LogP contribution < -0.4 is 4.90 Å². The Morgan fingerprint density at radius 1 is 1.44 bits per heavy atom. The van der Waals surface area contributed by atoms with Crippen molar-refractivity contribution in [3.05, 3.63) is 45.9 Å². The third kappa shape index (κ3) is 2.15. The van der Waals surface area contributed by atoms with E-state index in [1.807, 2.05) is 23.6 Å². The lowest BCUT2D eigenvalue weighted by molar-refractivity contribution is 0.0992. The molecular formula is C11H9BrN2OS. The van der Waals surface area contributed by atoms with Crippen LogP contribution in [0.1, 0.15) is 10.4 Å². The second-order valence-corrected chi connectivity index (χ2v) is 4.89. The molecule has 0 aliphatic carbocycles. The first kappa shape index (κ1) is 11.3. The van der Waals surface area contributed by atoms with E-state index in [-0.39, 0.29) is 5.91 Å². The molecule has 0 aliphatic rings. The third-order valence-corrected chi connectivity index (χ3v) is 3.65. The molecule has 0 spiro atoms. The van der Waals surface area contributed by atoms with Crippen LogP contribution in [0, 0.1) is 0 Å². The van der Waals surface area contributed by atoms with E-state index in [1.165, 1.54) is 11.3 Å². The standard InChI is InChI=1S/C11H9BrN2OS/c1-14(11-13-6-7-16-11)10(15)8-4-2-3-5-9(8)12/h2-7H,1H3. The first-order chi connectivity index (χ1) is 7.70. The van der Waals surface area contributed by atoms with Crippen LogP contribution in [0.2, 0.25) is 0 Å². The lowest BCUT2D eigenvalue weighted by atomic mass is 10.2. The predicted octanol–water partition coefficient (Wildman–Crippen LogP) is 3.18. The van der Waals surface area contributed by atoms with Gasteiger partial charge in [0, 0.05) is 23.1 Å². The van der Waals surface area contributed by atoms with Crippen molar-refractivity contribution < 1.29 is 4.79 Å². The van der Waals surface area contributed by atoms with Crippen molar-refractivity contribution in [3.63, 3.8) is 0 Å². The Bertz CT molecular complexity index is 498. The topological polar surface area (TPSA) is 33.2 Å². The van der Waals surface area contributed by atoms with E-state index in [2.05, 4.69) is 20.9 Å². The van der Waals surface area contributed by atoms with Gasteiger partial charge in [0.1, 0.15) is 0 Å². The third-order valence-electron chi connectivity index (χ3n) is 2.12. The van der Waals surface area contributed by atoms with Crippen LogP contribution in [-0.2, 0) is 0 Å². The number of anilines is 1. The summed E-state index contributed by atoms with van der Waals surface area (Å²) in [6, 6.07) is 7.36. The zero-order valence-electron chi connectivity index (χ0n) is 8.55. The Kier molecular flexibility index (Phi) is 3.36. The van der Waals surface area contributed by atoms with E-state index in [4.69, 9.17) is 0 Å². The predicted molar refractivity (Wildman–Crippen MR) is 69.0 cm³/mol. The lowest BCUT2D eigenvalue weighted by Crippen LogP contribution is -2.26. The van der Waals surface area contributed by atoms with Gasteiger partial charge in [0.05, 0.1) is 5.56 Å². The molecule has 0 N–H and O–H groups in total. The second kappa shape index (κ2) is 4.76. The van der Waals surface area contributed by atoms with Crippen molar-refractivity contribution in [2.75, 3.05) is 11.9 Å². The van der Waals surface area contributed by atoms with Gasteiger partial charge in [-0.3, -0.25) is 9.69 Å². The van der Waals surface area contributed by atoms with Crippen molar-refractivity contribution in [2.45, 2.75) is 0 Å². The Balaban J connectivity index is 2.30. The summed E-state index contributed by atoms with van der Waals surface area (Å²) in [4.78, 5) is 17.8. The Morgan fingerprint density at radius 2 is 2.19 bits per heavy atom. The highest BCUT2D eigenvalue weighted by Crippen LogP contribution is 2.22. The molecule has 0 saturated heterocycles. The number of benzene rings is 1. The maximum Gasteiger partial charge on any atom is 0.260 e. The molecule has 5 heteroatoms. The Morgan fingerprint density at radius 3 is 2.81 bits per heavy atom. The molecule has 16 heavy (non-hydrogen) atoms. The normalized spacial score (nSPS) is 10.1. The summed E-state index contributed by atoms with van der Waals surface area (Å²) < 4.78 is 0.795. The number of nitrogens with zero attached hydrogens (tertiary/aromatic N) is 2. The van der Waals surface area contributed by atoms with Crippen LogP contribution in [-0.4, -0.2) is 17.9 Å². The number of rotatable bonds is 2. The van der Waals surface area contributed by atoms with Gasteiger partial charge in [-0.2, -0.15) is 0 Å². The summed E-state index contributed by atoms with van der Waals surface area (Å²) in [5, 5.41) is 2.54. The smallest absolute Gasteiger partial charge is 0.260 e. The zero-order chi connectivity index (χ0) is 11.5. The highest BCUT2D eigenvalue weighted by Gasteiger charge is 2.17. The molecule has 0 saturated carbocycles.